The van der Waals surface area contributed by atoms with E-state index < -0.39 is 0 Å². The number of hydrogen-bond donors (Lipinski definition) is 0. The summed E-state index contributed by atoms with van der Waals surface area (Å²) in [6, 6.07) is 4.07. The summed E-state index contributed by atoms with van der Waals surface area (Å²) in [6.45, 7) is 3.56. The molecule has 0 radical (unpaired) electrons. The monoisotopic (exact) mass is 236 g/mol. The third-order valence-electron chi connectivity index (χ3n) is 2.67. The summed E-state index contributed by atoms with van der Waals surface area (Å²) in [7, 11) is 0. The second kappa shape index (κ2) is 3.99. The molecule has 0 aromatic carbocycles. The second-order valence-corrected chi connectivity index (χ2v) is 5.20. The van der Waals surface area contributed by atoms with Gasteiger partial charge in [-0.15, -0.1) is 21.5 Å². The molecule has 1 atom stereocenters. The summed E-state index contributed by atoms with van der Waals surface area (Å²) in [6.07, 6.45) is 0.977. The van der Waals surface area contributed by atoms with E-state index >= 15 is 0 Å². The van der Waals surface area contributed by atoms with Crippen LogP contribution in [0, 0.1) is 6.92 Å². The van der Waals surface area contributed by atoms with Crippen molar-refractivity contribution >= 4 is 11.3 Å². The van der Waals surface area contributed by atoms with Crippen molar-refractivity contribution in [2.75, 3.05) is 13.2 Å². The van der Waals surface area contributed by atoms with Crippen LogP contribution in [0.15, 0.2) is 16.5 Å². The molecule has 1 aliphatic rings. The Hall–Kier alpha value is -1.20. The third-order valence-corrected chi connectivity index (χ3v) is 3.66. The Balaban J connectivity index is 1.87. The standard InChI is InChI=1S/C11H12N2O2S/c1-7-2-3-9(16-7)11-13-12-10(15-11)8-4-5-14-6-8/h2-3,8H,4-6H2,1H3. The molecule has 1 fully saturated rings. The molecule has 2 aromatic heterocycles. The first-order valence-corrected chi connectivity index (χ1v) is 6.12. The summed E-state index contributed by atoms with van der Waals surface area (Å²) in [5.41, 5.74) is 0. The molecular weight excluding hydrogens is 224 g/mol. The Bertz CT molecular complexity index is 486. The van der Waals surface area contributed by atoms with E-state index in [1.165, 1.54) is 4.88 Å². The normalized spacial score (nSPS) is 20.4. The zero-order valence-corrected chi connectivity index (χ0v) is 9.79. The lowest BCUT2D eigenvalue weighted by Crippen LogP contribution is -1.97. The first-order valence-electron chi connectivity index (χ1n) is 5.31. The van der Waals surface area contributed by atoms with Crippen LogP contribution in [0.3, 0.4) is 0 Å². The van der Waals surface area contributed by atoms with Gasteiger partial charge in [0.1, 0.15) is 0 Å². The molecule has 2 aromatic rings. The van der Waals surface area contributed by atoms with Crippen molar-refractivity contribution in [2.45, 2.75) is 19.3 Å². The molecule has 0 saturated carbocycles. The summed E-state index contributed by atoms with van der Waals surface area (Å²) in [5.74, 6) is 1.61. The van der Waals surface area contributed by atoms with Crippen LogP contribution in [0.25, 0.3) is 10.8 Å². The first-order chi connectivity index (χ1) is 7.83. The molecule has 0 amide bonds. The van der Waals surface area contributed by atoms with Crippen LogP contribution in [0.4, 0.5) is 0 Å². The molecular formula is C11H12N2O2S. The van der Waals surface area contributed by atoms with Crippen molar-refractivity contribution in [1.29, 1.82) is 0 Å². The van der Waals surface area contributed by atoms with Gasteiger partial charge in [-0.3, -0.25) is 0 Å². The Morgan fingerprint density at radius 2 is 2.31 bits per heavy atom. The highest BCUT2D eigenvalue weighted by Gasteiger charge is 2.24. The number of aryl methyl sites for hydroxylation is 1. The van der Waals surface area contributed by atoms with Crippen LogP contribution in [0.1, 0.15) is 23.1 Å². The average Bonchev–Trinajstić information content (AvgIpc) is 2.97. The van der Waals surface area contributed by atoms with Gasteiger partial charge < -0.3 is 9.15 Å². The molecule has 1 unspecified atom stereocenters. The van der Waals surface area contributed by atoms with Gasteiger partial charge in [0, 0.05) is 11.5 Å². The summed E-state index contributed by atoms with van der Waals surface area (Å²) in [4.78, 5) is 2.29. The number of rotatable bonds is 2. The molecule has 0 bridgehead atoms. The molecule has 5 heteroatoms. The van der Waals surface area contributed by atoms with Gasteiger partial charge in [0.05, 0.1) is 17.4 Å². The van der Waals surface area contributed by atoms with Crippen LogP contribution in [0.2, 0.25) is 0 Å². The van der Waals surface area contributed by atoms with Crippen molar-refractivity contribution < 1.29 is 9.15 Å². The lowest BCUT2D eigenvalue weighted by molar-refractivity contribution is 0.191. The Morgan fingerprint density at radius 3 is 3.00 bits per heavy atom. The van der Waals surface area contributed by atoms with Crippen molar-refractivity contribution in [2.24, 2.45) is 0 Å². The molecule has 1 aliphatic heterocycles. The van der Waals surface area contributed by atoms with Crippen LogP contribution >= 0.6 is 11.3 Å². The lowest BCUT2D eigenvalue weighted by atomic mass is 10.1. The lowest BCUT2D eigenvalue weighted by Gasteiger charge is -1.98. The summed E-state index contributed by atoms with van der Waals surface area (Å²) >= 11 is 1.67. The minimum absolute atomic E-state index is 0.280. The molecule has 1 saturated heterocycles. The van der Waals surface area contributed by atoms with Crippen molar-refractivity contribution in [1.82, 2.24) is 10.2 Å². The van der Waals surface area contributed by atoms with Crippen LogP contribution in [-0.2, 0) is 4.74 Å². The molecule has 0 aliphatic carbocycles. The molecule has 0 spiro atoms. The van der Waals surface area contributed by atoms with Gasteiger partial charge in [0.2, 0.25) is 5.89 Å². The zero-order valence-electron chi connectivity index (χ0n) is 8.97. The van der Waals surface area contributed by atoms with Crippen LogP contribution in [-0.4, -0.2) is 23.4 Å². The van der Waals surface area contributed by atoms with E-state index in [1.807, 2.05) is 6.07 Å². The zero-order chi connectivity index (χ0) is 11.0. The Morgan fingerprint density at radius 1 is 1.38 bits per heavy atom. The average molecular weight is 236 g/mol. The minimum Gasteiger partial charge on any atom is -0.420 e. The third kappa shape index (κ3) is 1.76. The number of nitrogens with zero attached hydrogens (tertiary/aromatic N) is 2. The minimum atomic E-state index is 0.280. The summed E-state index contributed by atoms with van der Waals surface area (Å²) < 4.78 is 11.0. The number of hydrogen-bond acceptors (Lipinski definition) is 5. The fourth-order valence-electron chi connectivity index (χ4n) is 1.78. The maximum atomic E-state index is 5.68. The van der Waals surface area contributed by atoms with E-state index in [9.17, 15) is 0 Å². The Labute approximate surface area is 97.3 Å². The van der Waals surface area contributed by atoms with Gasteiger partial charge in [-0.2, -0.15) is 0 Å². The molecule has 0 N–H and O–H groups in total. The highest BCUT2D eigenvalue weighted by Crippen LogP contribution is 2.30. The maximum absolute atomic E-state index is 5.68. The molecule has 3 heterocycles. The van der Waals surface area contributed by atoms with E-state index in [0.29, 0.717) is 18.4 Å². The number of ether oxygens (including phenoxy) is 1. The van der Waals surface area contributed by atoms with Crippen molar-refractivity contribution in [3.63, 3.8) is 0 Å². The fraction of sp³-hybridized carbons (Fsp3) is 0.455. The van der Waals surface area contributed by atoms with Gasteiger partial charge >= 0.3 is 0 Å². The van der Waals surface area contributed by atoms with Gasteiger partial charge in [0.25, 0.3) is 5.89 Å². The van der Waals surface area contributed by atoms with E-state index in [2.05, 4.69) is 23.2 Å². The highest BCUT2D eigenvalue weighted by atomic mass is 32.1. The Kier molecular flexibility index (Phi) is 2.49. The second-order valence-electron chi connectivity index (χ2n) is 3.92. The van der Waals surface area contributed by atoms with Gasteiger partial charge in [-0.05, 0) is 25.5 Å². The van der Waals surface area contributed by atoms with Crippen LogP contribution < -0.4 is 0 Å². The predicted octanol–water partition coefficient (Wildman–Crippen LogP) is 2.61. The van der Waals surface area contributed by atoms with E-state index in [1.54, 1.807) is 11.3 Å². The maximum Gasteiger partial charge on any atom is 0.257 e. The van der Waals surface area contributed by atoms with Gasteiger partial charge in [-0.25, -0.2) is 0 Å². The van der Waals surface area contributed by atoms with E-state index in [-0.39, 0.29) is 5.92 Å². The smallest absolute Gasteiger partial charge is 0.257 e. The quantitative estimate of drug-likeness (QED) is 0.804. The number of aromatic nitrogens is 2. The highest BCUT2D eigenvalue weighted by molar-refractivity contribution is 7.15. The number of thiophene rings is 1. The topological polar surface area (TPSA) is 48.2 Å². The van der Waals surface area contributed by atoms with Gasteiger partial charge in [0.15, 0.2) is 0 Å². The summed E-state index contributed by atoms with van der Waals surface area (Å²) in [5, 5.41) is 8.18. The van der Waals surface area contributed by atoms with Crippen molar-refractivity contribution in [3.8, 4) is 10.8 Å². The molecule has 16 heavy (non-hydrogen) atoms. The fourth-order valence-corrected chi connectivity index (χ4v) is 2.57. The molecule has 84 valence electrons. The van der Waals surface area contributed by atoms with Crippen LogP contribution in [0.5, 0.6) is 0 Å². The SMILES string of the molecule is Cc1ccc(-c2nnc(C3CCOC3)o2)s1. The molecule has 4 nitrogen and oxygen atoms in total. The van der Waals surface area contributed by atoms with Gasteiger partial charge in [-0.1, -0.05) is 0 Å². The largest absolute Gasteiger partial charge is 0.420 e. The van der Waals surface area contributed by atoms with Crippen molar-refractivity contribution in [3.05, 3.63) is 22.9 Å². The van der Waals surface area contributed by atoms with E-state index in [0.717, 1.165) is 17.9 Å². The first kappa shape index (κ1) is 9.99. The van der Waals surface area contributed by atoms with E-state index in [4.69, 9.17) is 9.15 Å². The molecule has 3 rings (SSSR count). The predicted molar refractivity (Wildman–Crippen MR) is 60.5 cm³/mol.